The molecule has 3 nitrogen and oxygen atoms in total. The number of carbonyl (C=O) groups excluding carboxylic acids is 1. The van der Waals surface area contributed by atoms with Crippen molar-refractivity contribution >= 4 is 5.91 Å². The van der Waals surface area contributed by atoms with Crippen LogP contribution in [0.3, 0.4) is 0 Å². The number of amides is 1. The lowest BCUT2D eigenvalue weighted by molar-refractivity contribution is -0.122. The third-order valence-electron chi connectivity index (χ3n) is 2.94. The van der Waals surface area contributed by atoms with Gasteiger partial charge >= 0.3 is 0 Å². The van der Waals surface area contributed by atoms with E-state index in [9.17, 15) is 4.79 Å². The monoisotopic (exact) mass is 258 g/mol. The van der Waals surface area contributed by atoms with Gasteiger partial charge in [-0.25, -0.2) is 0 Å². The van der Waals surface area contributed by atoms with Crippen LogP contribution in [0.2, 0.25) is 0 Å². The number of carbonyl (C=O) groups is 1. The molecule has 1 aromatic carbocycles. The van der Waals surface area contributed by atoms with Crippen LogP contribution < -0.4 is 5.32 Å². The van der Waals surface area contributed by atoms with Crippen LogP contribution in [0.4, 0.5) is 0 Å². The van der Waals surface area contributed by atoms with Crippen molar-refractivity contribution < 1.29 is 4.79 Å². The topological polar surface area (TPSA) is 32.3 Å². The highest BCUT2D eigenvalue weighted by Crippen LogP contribution is 2.01. The van der Waals surface area contributed by atoms with E-state index in [2.05, 4.69) is 23.4 Å². The number of terminal acetylenes is 1. The largest absolute Gasteiger partial charge is 0.355 e. The summed E-state index contributed by atoms with van der Waals surface area (Å²) in [5.41, 5.74) is 1.30. The second-order valence-corrected chi connectivity index (χ2v) is 4.45. The molecule has 102 valence electrons. The van der Waals surface area contributed by atoms with Gasteiger partial charge < -0.3 is 5.32 Å². The molecule has 0 saturated carbocycles. The molecule has 0 atom stereocenters. The van der Waals surface area contributed by atoms with Crippen molar-refractivity contribution in [3.8, 4) is 12.3 Å². The molecule has 0 saturated heterocycles. The molecule has 1 aromatic rings. The second-order valence-electron chi connectivity index (χ2n) is 4.45. The zero-order valence-electron chi connectivity index (χ0n) is 11.6. The molecule has 0 bridgehead atoms. The van der Waals surface area contributed by atoms with Crippen LogP contribution in [0.1, 0.15) is 18.9 Å². The minimum absolute atomic E-state index is 0.0464. The summed E-state index contributed by atoms with van der Waals surface area (Å²) >= 11 is 0. The highest BCUT2D eigenvalue weighted by molar-refractivity contribution is 5.78. The van der Waals surface area contributed by atoms with Gasteiger partial charge in [0.15, 0.2) is 0 Å². The lowest BCUT2D eigenvalue weighted by Crippen LogP contribution is -2.37. The van der Waals surface area contributed by atoms with Gasteiger partial charge in [-0.15, -0.1) is 6.42 Å². The van der Waals surface area contributed by atoms with Gasteiger partial charge in [0.25, 0.3) is 0 Å². The molecule has 0 aliphatic heterocycles. The van der Waals surface area contributed by atoms with Crippen molar-refractivity contribution in [3.05, 3.63) is 35.9 Å². The van der Waals surface area contributed by atoms with Gasteiger partial charge in [-0.05, 0) is 24.9 Å². The van der Waals surface area contributed by atoms with Crippen LogP contribution in [0.5, 0.6) is 0 Å². The normalized spacial score (nSPS) is 10.2. The Labute approximate surface area is 116 Å². The van der Waals surface area contributed by atoms with Crippen LogP contribution in [0.25, 0.3) is 0 Å². The summed E-state index contributed by atoms with van der Waals surface area (Å²) in [7, 11) is 0. The zero-order chi connectivity index (χ0) is 13.9. The fourth-order valence-electron chi connectivity index (χ4n) is 1.83. The zero-order valence-corrected chi connectivity index (χ0v) is 11.6. The number of aryl methyl sites for hydroxylation is 1. The van der Waals surface area contributed by atoms with Gasteiger partial charge in [-0.2, -0.15) is 0 Å². The molecule has 0 radical (unpaired) electrons. The van der Waals surface area contributed by atoms with Crippen molar-refractivity contribution in [1.29, 1.82) is 0 Å². The van der Waals surface area contributed by atoms with Crippen LogP contribution in [0.15, 0.2) is 30.3 Å². The van der Waals surface area contributed by atoms with Crippen molar-refractivity contribution in [2.75, 3.05) is 26.2 Å². The predicted octanol–water partition coefficient (Wildman–Crippen LogP) is 1.69. The molecular formula is C16H22N2O. The highest BCUT2D eigenvalue weighted by atomic mass is 16.2. The molecule has 19 heavy (non-hydrogen) atoms. The molecule has 0 aromatic heterocycles. The summed E-state index contributed by atoms with van der Waals surface area (Å²) in [4.78, 5) is 13.6. The van der Waals surface area contributed by atoms with Crippen molar-refractivity contribution in [3.63, 3.8) is 0 Å². The predicted molar refractivity (Wildman–Crippen MR) is 78.7 cm³/mol. The van der Waals surface area contributed by atoms with Crippen molar-refractivity contribution in [1.82, 2.24) is 10.2 Å². The van der Waals surface area contributed by atoms with E-state index in [4.69, 9.17) is 6.42 Å². The second kappa shape index (κ2) is 9.18. The first-order chi connectivity index (χ1) is 9.26. The fraction of sp³-hybridized carbons (Fsp3) is 0.438. The van der Waals surface area contributed by atoms with Crippen molar-refractivity contribution in [2.24, 2.45) is 0 Å². The van der Waals surface area contributed by atoms with Gasteiger partial charge in [0.2, 0.25) is 5.91 Å². The molecule has 0 heterocycles. The number of nitrogens with zero attached hydrogens (tertiary/aromatic N) is 1. The Morgan fingerprint density at radius 2 is 2.11 bits per heavy atom. The third kappa shape index (κ3) is 6.64. The van der Waals surface area contributed by atoms with Crippen molar-refractivity contribution in [2.45, 2.75) is 19.8 Å². The average Bonchev–Trinajstić information content (AvgIpc) is 2.44. The average molecular weight is 258 g/mol. The molecule has 0 aliphatic carbocycles. The summed E-state index contributed by atoms with van der Waals surface area (Å²) in [6.45, 7) is 4.41. The quantitative estimate of drug-likeness (QED) is 0.568. The summed E-state index contributed by atoms with van der Waals surface area (Å²) in [6, 6.07) is 10.3. The maximum absolute atomic E-state index is 11.7. The first-order valence-electron chi connectivity index (χ1n) is 6.72. The SMILES string of the molecule is C#CCN(CC)CC(=O)NCCCc1ccccc1. The van der Waals surface area contributed by atoms with E-state index in [1.54, 1.807) is 0 Å². The van der Waals surface area contributed by atoms with Gasteiger partial charge in [0, 0.05) is 6.54 Å². The van der Waals surface area contributed by atoms with E-state index >= 15 is 0 Å². The van der Waals surface area contributed by atoms with Crippen LogP contribution in [0, 0.1) is 12.3 Å². The van der Waals surface area contributed by atoms with E-state index in [0.717, 1.165) is 19.4 Å². The first-order valence-corrected chi connectivity index (χ1v) is 6.72. The Morgan fingerprint density at radius 3 is 2.74 bits per heavy atom. The third-order valence-corrected chi connectivity index (χ3v) is 2.94. The van der Waals surface area contributed by atoms with E-state index in [1.165, 1.54) is 5.56 Å². The molecule has 1 amide bonds. The smallest absolute Gasteiger partial charge is 0.234 e. The maximum Gasteiger partial charge on any atom is 0.234 e. The number of likely N-dealkylation sites (N-methyl/N-ethyl adjacent to an activating group) is 1. The number of rotatable bonds is 8. The summed E-state index contributed by atoms with van der Waals surface area (Å²) in [5.74, 6) is 2.61. The van der Waals surface area contributed by atoms with Gasteiger partial charge in [-0.3, -0.25) is 9.69 Å². The Morgan fingerprint density at radius 1 is 1.37 bits per heavy atom. The summed E-state index contributed by atoms with van der Waals surface area (Å²) in [5, 5.41) is 2.93. The lowest BCUT2D eigenvalue weighted by atomic mass is 10.1. The molecule has 1 N–H and O–H groups in total. The van der Waals surface area contributed by atoms with E-state index in [-0.39, 0.29) is 5.91 Å². The van der Waals surface area contributed by atoms with Crippen LogP contribution in [-0.4, -0.2) is 37.0 Å². The molecule has 0 spiro atoms. The number of hydrogen-bond acceptors (Lipinski definition) is 2. The molecule has 0 unspecified atom stereocenters. The van der Waals surface area contributed by atoms with Crippen LogP contribution >= 0.6 is 0 Å². The van der Waals surface area contributed by atoms with E-state index in [0.29, 0.717) is 19.6 Å². The minimum Gasteiger partial charge on any atom is -0.355 e. The molecule has 3 heteroatoms. The Kier molecular flexibility index (Phi) is 7.38. The molecule has 0 aliphatic rings. The lowest BCUT2D eigenvalue weighted by Gasteiger charge is -2.16. The molecular weight excluding hydrogens is 236 g/mol. The standard InChI is InChI=1S/C16H22N2O/c1-3-13-18(4-2)14-16(19)17-12-8-11-15-9-6-5-7-10-15/h1,5-7,9-10H,4,8,11-14H2,2H3,(H,17,19). The Bertz CT molecular complexity index is 409. The summed E-state index contributed by atoms with van der Waals surface area (Å²) in [6.07, 6.45) is 7.19. The molecule has 0 fully saturated rings. The Hall–Kier alpha value is -1.79. The number of nitrogens with one attached hydrogen (secondary N) is 1. The van der Waals surface area contributed by atoms with Gasteiger partial charge in [-0.1, -0.05) is 43.2 Å². The first kappa shape index (κ1) is 15.3. The van der Waals surface area contributed by atoms with E-state index < -0.39 is 0 Å². The van der Waals surface area contributed by atoms with Crippen LogP contribution in [-0.2, 0) is 11.2 Å². The summed E-state index contributed by atoms with van der Waals surface area (Å²) < 4.78 is 0. The van der Waals surface area contributed by atoms with Gasteiger partial charge in [0.1, 0.15) is 0 Å². The fourth-order valence-corrected chi connectivity index (χ4v) is 1.83. The maximum atomic E-state index is 11.7. The number of benzene rings is 1. The highest BCUT2D eigenvalue weighted by Gasteiger charge is 2.06. The number of hydrogen-bond donors (Lipinski definition) is 1. The van der Waals surface area contributed by atoms with E-state index in [1.807, 2.05) is 30.0 Å². The molecule has 1 rings (SSSR count). The van der Waals surface area contributed by atoms with Gasteiger partial charge in [0.05, 0.1) is 13.1 Å². The Balaban J connectivity index is 2.15. The minimum atomic E-state index is 0.0464.